The van der Waals surface area contributed by atoms with E-state index in [2.05, 4.69) is 45.3 Å². The highest BCUT2D eigenvalue weighted by atomic mass is 79.9. The summed E-state index contributed by atoms with van der Waals surface area (Å²) in [4.78, 5) is 12.2. The van der Waals surface area contributed by atoms with Crippen molar-refractivity contribution in [1.29, 1.82) is 0 Å². The van der Waals surface area contributed by atoms with E-state index in [1.807, 2.05) is 6.92 Å². The third-order valence-corrected chi connectivity index (χ3v) is 3.62. The molecule has 0 radical (unpaired) electrons. The quantitative estimate of drug-likeness (QED) is 0.817. The largest absolute Gasteiger partial charge is 0.351 e. The number of alkyl halides is 1. The molecule has 0 saturated carbocycles. The van der Waals surface area contributed by atoms with Gasteiger partial charge in [-0.05, 0) is 38.2 Å². The lowest BCUT2D eigenvalue weighted by molar-refractivity contribution is 0.0933. The molecule has 0 unspecified atom stereocenters. The van der Waals surface area contributed by atoms with Crippen LogP contribution in [0.3, 0.4) is 0 Å². The standard InChI is InChI=1S/C14H22BrN3O/c1-10-8-12(11(2)18-17-10)13(19)16-9-14(3,4)6-5-7-15/h8H,5-7,9H2,1-4H3,(H,16,19). The van der Waals surface area contributed by atoms with Crippen molar-refractivity contribution in [2.75, 3.05) is 11.9 Å². The smallest absolute Gasteiger partial charge is 0.253 e. The summed E-state index contributed by atoms with van der Waals surface area (Å²) < 4.78 is 0. The number of hydrogen-bond acceptors (Lipinski definition) is 3. The lowest BCUT2D eigenvalue weighted by atomic mass is 9.88. The number of carbonyl (C=O) groups excluding carboxylic acids is 1. The van der Waals surface area contributed by atoms with E-state index in [-0.39, 0.29) is 11.3 Å². The maximum absolute atomic E-state index is 12.2. The van der Waals surface area contributed by atoms with Crippen LogP contribution in [0, 0.1) is 19.3 Å². The highest BCUT2D eigenvalue weighted by Gasteiger charge is 2.19. The SMILES string of the molecule is Cc1cc(C(=O)NCC(C)(C)CCCBr)c(C)nn1. The molecule has 0 aliphatic rings. The fraction of sp³-hybridized carbons (Fsp3) is 0.643. The van der Waals surface area contributed by atoms with Crippen LogP contribution in [0.25, 0.3) is 0 Å². The molecule has 0 atom stereocenters. The zero-order chi connectivity index (χ0) is 14.5. The molecule has 1 aromatic heterocycles. The molecule has 4 nitrogen and oxygen atoms in total. The second-order valence-corrected chi connectivity index (χ2v) is 6.42. The van der Waals surface area contributed by atoms with Crippen molar-refractivity contribution in [1.82, 2.24) is 15.5 Å². The second kappa shape index (κ2) is 6.98. The summed E-state index contributed by atoms with van der Waals surface area (Å²) in [7, 11) is 0. The van der Waals surface area contributed by atoms with Crippen LogP contribution in [0.2, 0.25) is 0 Å². The summed E-state index contributed by atoms with van der Waals surface area (Å²) in [5, 5.41) is 11.9. The van der Waals surface area contributed by atoms with Gasteiger partial charge in [0.2, 0.25) is 0 Å². The van der Waals surface area contributed by atoms with Crippen molar-refractivity contribution in [2.45, 2.75) is 40.5 Å². The number of amides is 1. The van der Waals surface area contributed by atoms with E-state index < -0.39 is 0 Å². The van der Waals surface area contributed by atoms with E-state index in [0.717, 1.165) is 23.9 Å². The number of hydrogen-bond donors (Lipinski definition) is 1. The Hall–Kier alpha value is -0.970. The summed E-state index contributed by atoms with van der Waals surface area (Å²) in [5.74, 6) is -0.0672. The first-order valence-electron chi connectivity index (χ1n) is 6.51. The molecule has 0 aliphatic heterocycles. The Labute approximate surface area is 123 Å². The predicted octanol–water partition coefficient (Wildman–Crippen LogP) is 3.02. The van der Waals surface area contributed by atoms with Gasteiger partial charge in [-0.3, -0.25) is 4.79 Å². The second-order valence-electron chi connectivity index (χ2n) is 5.62. The van der Waals surface area contributed by atoms with E-state index in [9.17, 15) is 4.79 Å². The maximum atomic E-state index is 12.2. The van der Waals surface area contributed by atoms with Crippen LogP contribution in [-0.4, -0.2) is 28.0 Å². The molecular weight excluding hydrogens is 306 g/mol. The monoisotopic (exact) mass is 327 g/mol. The lowest BCUT2D eigenvalue weighted by Gasteiger charge is -2.24. The zero-order valence-electron chi connectivity index (χ0n) is 12.1. The fourth-order valence-electron chi connectivity index (χ4n) is 1.83. The van der Waals surface area contributed by atoms with Gasteiger partial charge in [0.1, 0.15) is 0 Å². The Balaban J connectivity index is 2.62. The minimum atomic E-state index is -0.0672. The van der Waals surface area contributed by atoms with E-state index in [0.29, 0.717) is 17.8 Å². The van der Waals surface area contributed by atoms with Gasteiger partial charge < -0.3 is 5.32 Å². The molecule has 1 heterocycles. The van der Waals surface area contributed by atoms with Crippen LogP contribution in [0.5, 0.6) is 0 Å². The molecule has 1 aromatic rings. The molecule has 106 valence electrons. The molecule has 1 amide bonds. The summed E-state index contributed by atoms with van der Waals surface area (Å²) >= 11 is 3.43. The Bertz CT molecular complexity index is 446. The third-order valence-electron chi connectivity index (χ3n) is 3.06. The van der Waals surface area contributed by atoms with Crippen molar-refractivity contribution >= 4 is 21.8 Å². The zero-order valence-corrected chi connectivity index (χ0v) is 13.7. The van der Waals surface area contributed by atoms with Gasteiger partial charge in [-0.1, -0.05) is 29.8 Å². The molecule has 0 saturated heterocycles. The molecule has 1 rings (SSSR count). The first-order chi connectivity index (χ1) is 8.85. The highest BCUT2D eigenvalue weighted by molar-refractivity contribution is 9.09. The molecule has 19 heavy (non-hydrogen) atoms. The lowest BCUT2D eigenvalue weighted by Crippen LogP contribution is -2.34. The average Bonchev–Trinajstić information content (AvgIpc) is 2.36. The minimum absolute atomic E-state index is 0.0672. The van der Waals surface area contributed by atoms with Crippen molar-refractivity contribution in [3.05, 3.63) is 23.0 Å². The van der Waals surface area contributed by atoms with Crippen LogP contribution >= 0.6 is 15.9 Å². The summed E-state index contributed by atoms with van der Waals surface area (Å²) in [6.07, 6.45) is 2.18. The Morgan fingerprint density at radius 2 is 2.05 bits per heavy atom. The molecular formula is C14H22BrN3O. The molecule has 5 heteroatoms. The molecule has 1 N–H and O–H groups in total. The number of nitrogens with zero attached hydrogens (tertiary/aromatic N) is 2. The van der Waals surface area contributed by atoms with E-state index in [1.54, 1.807) is 13.0 Å². The van der Waals surface area contributed by atoms with Crippen molar-refractivity contribution in [3.8, 4) is 0 Å². The molecule has 0 aromatic carbocycles. The van der Waals surface area contributed by atoms with Crippen molar-refractivity contribution < 1.29 is 4.79 Å². The van der Waals surface area contributed by atoms with Gasteiger partial charge in [-0.2, -0.15) is 10.2 Å². The molecule has 0 aliphatic carbocycles. The minimum Gasteiger partial charge on any atom is -0.351 e. The maximum Gasteiger partial charge on any atom is 0.253 e. The highest BCUT2D eigenvalue weighted by Crippen LogP contribution is 2.21. The first kappa shape index (κ1) is 16.1. The number of rotatable bonds is 6. The van der Waals surface area contributed by atoms with Crippen LogP contribution in [0.1, 0.15) is 48.4 Å². The van der Waals surface area contributed by atoms with Crippen LogP contribution in [0.15, 0.2) is 6.07 Å². The first-order valence-corrected chi connectivity index (χ1v) is 7.63. The topological polar surface area (TPSA) is 54.9 Å². The van der Waals surface area contributed by atoms with Crippen LogP contribution in [0.4, 0.5) is 0 Å². The number of nitrogens with one attached hydrogen (secondary N) is 1. The van der Waals surface area contributed by atoms with Gasteiger partial charge in [0, 0.05) is 11.9 Å². The Kier molecular flexibility index (Phi) is 5.91. The number of carbonyl (C=O) groups is 1. The fourth-order valence-corrected chi connectivity index (χ4v) is 2.11. The van der Waals surface area contributed by atoms with Gasteiger partial charge >= 0.3 is 0 Å². The summed E-state index contributed by atoms with van der Waals surface area (Å²) in [6, 6.07) is 1.78. The molecule has 0 fully saturated rings. The van der Waals surface area contributed by atoms with Gasteiger partial charge in [-0.15, -0.1) is 0 Å². The number of aromatic nitrogens is 2. The average molecular weight is 328 g/mol. The van der Waals surface area contributed by atoms with Crippen molar-refractivity contribution in [3.63, 3.8) is 0 Å². The van der Waals surface area contributed by atoms with Gasteiger partial charge in [0.05, 0.1) is 17.0 Å². The van der Waals surface area contributed by atoms with E-state index in [4.69, 9.17) is 0 Å². The summed E-state index contributed by atoms with van der Waals surface area (Å²) in [6.45, 7) is 8.64. The molecule has 0 bridgehead atoms. The van der Waals surface area contributed by atoms with Gasteiger partial charge in [-0.25, -0.2) is 0 Å². The molecule has 0 spiro atoms. The van der Waals surface area contributed by atoms with Crippen LogP contribution in [-0.2, 0) is 0 Å². The van der Waals surface area contributed by atoms with Gasteiger partial charge in [0.25, 0.3) is 5.91 Å². The number of halogens is 1. The normalized spacial score (nSPS) is 11.4. The predicted molar refractivity (Wildman–Crippen MR) is 80.6 cm³/mol. The van der Waals surface area contributed by atoms with Crippen LogP contribution < -0.4 is 5.32 Å². The van der Waals surface area contributed by atoms with Crippen molar-refractivity contribution in [2.24, 2.45) is 5.41 Å². The number of aryl methyl sites for hydroxylation is 2. The Morgan fingerprint density at radius 3 is 2.68 bits per heavy atom. The van der Waals surface area contributed by atoms with Gasteiger partial charge in [0.15, 0.2) is 0 Å². The summed E-state index contributed by atoms with van der Waals surface area (Å²) in [5.41, 5.74) is 2.15. The van der Waals surface area contributed by atoms with E-state index in [1.165, 1.54) is 0 Å². The Morgan fingerprint density at radius 1 is 1.37 bits per heavy atom. The third kappa shape index (κ3) is 5.27. The van der Waals surface area contributed by atoms with E-state index >= 15 is 0 Å².